The Balaban J connectivity index is 2.40. The van der Waals surface area contributed by atoms with E-state index < -0.39 is 5.60 Å². The number of hydrogen-bond donors (Lipinski definition) is 1. The fourth-order valence-electron chi connectivity index (χ4n) is 2.25. The van der Waals surface area contributed by atoms with Crippen molar-refractivity contribution in [2.75, 3.05) is 0 Å². The van der Waals surface area contributed by atoms with Gasteiger partial charge in [0.1, 0.15) is 5.60 Å². The number of aromatic nitrogens is 2. The van der Waals surface area contributed by atoms with Crippen molar-refractivity contribution in [3.05, 3.63) is 52.3 Å². The van der Waals surface area contributed by atoms with Crippen molar-refractivity contribution in [3.63, 3.8) is 0 Å². The van der Waals surface area contributed by atoms with E-state index in [1.165, 1.54) is 0 Å². The lowest BCUT2D eigenvalue weighted by molar-refractivity contribution is 0.0763. The zero-order chi connectivity index (χ0) is 13.9. The molecule has 0 aliphatic carbocycles. The standard InChI is InChI=1S/C15H19BrN2O/c1-3-8-18-11-13(10-17-18)15(19,4-2)12-6-5-7-14(16)9-12/h5-7,9-11,19H,3-4,8H2,1-2H3. The Morgan fingerprint density at radius 3 is 2.74 bits per heavy atom. The molecule has 0 aliphatic rings. The second-order valence-electron chi connectivity index (χ2n) is 4.72. The van der Waals surface area contributed by atoms with Gasteiger partial charge in [-0.2, -0.15) is 5.10 Å². The highest BCUT2D eigenvalue weighted by atomic mass is 79.9. The summed E-state index contributed by atoms with van der Waals surface area (Å²) >= 11 is 3.45. The van der Waals surface area contributed by atoms with Gasteiger partial charge in [0.25, 0.3) is 0 Å². The number of rotatable bonds is 5. The van der Waals surface area contributed by atoms with Gasteiger partial charge in [-0.1, -0.05) is 41.9 Å². The van der Waals surface area contributed by atoms with Crippen molar-refractivity contribution in [2.45, 2.75) is 38.8 Å². The van der Waals surface area contributed by atoms with Crippen molar-refractivity contribution in [1.82, 2.24) is 9.78 Å². The molecule has 0 fully saturated rings. The van der Waals surface area contributed by atoms with Gasteiger partial charge in [-0.05, 0) is 30.5 Å². The van der Waals surface area contributed by atoms with Crippen LogP contribution in [0.4, 0.5) is 0 Å². The van der Waals surface area contributed by atoms with Crippen LogP contribution in [0, 0.1) is 0 Å². The highest BCUT2D eigenvalue weighted by Gasteiger charge is 2.31. The molecule has 1 unspecified atom stereocenters. The summed E-state index contributed by atoms with van der Waals surface area (Å²) in [6.45, 7) is 4.97. The van der Waals surface area contributed by atoms with E-state index in [4.69, 9.17) is 0 Å². The minimum atomic E-state index is -0.976. The molecule has 1 N–H and O–H groups in total. The number of hydrogen-bond acceptors (Lipinski definition) is 2. The van der Waals surface area contributed by atoms with Crippen molar-refractivity contribution in [3.8, 4) is 0 Å². The molecule has 1 aromatic heterocycles. The van der Waals surface area contributed by atoms with Crippen LogP contribution < -0.4 is 0 Å². The third kappa shape index (κ3) is 2.90. The highest BCUT2D eigenvalue weighted by molar-refractivity contribution is 9.10. The van der Waals surface area contributed by atoms with Crippen molar-refractivity contribution in [2.24, 2.45) is 0 Å². The minimum absolute atomic E-state index is 0.612. The molecule has 0 saturated heterocycles. The molecule has 0 saturated carbocycles. The van der Waals surface area contributed by atoms with Crippen LogP contribution in [0.5, 0.6) is 0 Å². The van der Waals surface area contributed by atoms with Crippen LogP contribution in [0.3, 0.4) is 0 Å². The van der Waals surface area contributed by atoms with Crippen LogP contribution in [0.25, 0.3) is 0 Å². The van der Waals surface area contributed by atoms with Crippen molar-refractivity contribution >= 4 is 15.9 Å². The monoisotopic (exact) mass is 322 g/mol. The maximum Gasteiger partial charge on any atom is 0.117 e. The predicted molar refractivity (Wildman–Crippen MR) is 79.9 cm³/mol. The summed E-state index contributed by atoms with van der Waals surface area (Å²) in [5.74, 6) is 0. The Hall–Kier alpha value is -1.13. The quantitative estimate of drug-likeness (QED) is 0.911. The highest BCUT2D eigenvalue weighted by Crippen LogP contribution is 2.33. The molecule has 0 spiro atoms. The second kappa shape index (κ2) is 5.88. The first-order valence-electron chi connectivity index (χ1n) is 6.61. The fraction of sp³-hybridized carbons (Fsp3) is 0.400. The molecule has 1 aromatic carbocycles. The molecule has 0 aliphatic heterocycles. The molecule has 1 atom stereocenters. The lowest BCUT2D eigenvalue weighted by atomic mass is 9.86. The Morgan fingerprint density at radius 2 is 2.11 bits per heavy atom. The van der Waals surface area contributed by atoms with Gasteiger partial charge >= 0.3 is 0 Å². The van der Waals surface area contributed by atoms with Gasteiger partial charge in [0, 0.05) is 22.8 Å². The Labute approximate surface area is 122 Å². The van der Waals surface area contributed by atoms with Crippen LogP contribution in [-0.4, -0.2) is 14.9 Å². The van der Waals surface area contributed by atoms with Crippen LogP contribution in [0.2, 0.25) is 0 Å². The van der Waals surface area contributed by atoms with E-state index in [9.17, 15) is 5.11 Å². The molecular formula is C15H19BrN2O. The first kappa shape index (κ1) is 14.3. The average Bonchev–Trinajstić information content (AvgIpc) is 2.87. The molecular weight excluding hydrogens is 304 g/mol. The summed E-state index contributed by atoms with van der Waals surface area (Å²) < 4.78 is 2.85. The van der Waals surface area contributed by atoms with E-state index >= 15 is 0 Å². The summed E-state index contributed by atoms with van der Waals surface area (Å²) in [5, 5.41) is 15.3. The zero-order valence-corrected chi connectivity index (χ0v) is 12.9. The van der Waals surface area contributed by atoms with E-state index in [-0.39, 0.29) is 0 Å². The summed E-state index contributed by atoms with van der Waals surface area (Å²) in [6, 6.07) is 7.81. The molecule has 4 heteroatoms. The van der Waals surface area contributed by atoms with E-state index in [2.05, 4.69) is 28.0 Å². The topological polar surface area (TPSA) is 38.0 Å². The maximum absolute atomic E-state index is 11.0. The molecule has 102 valence electrons. The molecule has 3 nitrogen and oxygen atoms in total. The lowest BCUT2D eigenvalue weighted by Crippen LogP contribution is -2.25. The lowest BCUT2D eigenvalue weighted by Gasteiger charge is -2.26. The second-order valence-corrected chi connectivity index (χ2v) is 5.63. The number of benzene rings is 1. The first-order valence-corrected chi connectivity index (χ1v) is 7.40. The fourth-order valence-corrected chi connectivity index (χ4v) is 2.65. The molecule has 0 amide bonds. The van der Waals surface area contributed by atoms with E-state index in [1.54, 1.807) is 6.20 Å². The number of aryl methyl sites for hydroxylation is 1. The number of aliphatic hydroxyl groups is 1. The van der Waals surface area contributed by atoms with Crippen LogP contribution in [-0.2, 0) is 12.1 Å². The molecule has 2 aromatic rings. The van der Waals surface area contributed by atoms with Crippen LogP contribution in [0.1, 0.15) is 37.8 Å². The summed E-state index contributed by atoms with van der Waals surface area (Å²) in [6.07, 6.45) is 5.35. The average molecular weight is 323 g/mol. The third-order valence-electron chi connectivity index (χ3n) is 3.38. The van der Waals surface area contributed by atoms with Gasteiger partial charge in [-0.25, -0.2) is 0 Å². The predicted octanol–water partition coefficient (Wildman–Crippen LogP) is 3.70. The van der Waals surface area contributed by atoms with E-state index in [1.807, 2.05) is 42.1 Å². The Morgan fingerprint density at radius 1 is 1.32 bits per heavy atom. The molecule has 1 heterocycles. The minimum Gasteiger partial charge on any atom is -0.380 e. The molecule has 2 rings (SSSR count). The van der Waals surface area contributed by atoms with Crippen molar-refractivity contribution in [1.29, 1.82) is 0 Å². The van der Waals surface area contributed by atoms with Gasteiger partial charge in [0.15, 0.2) is 0 Å². The molecule has 19 heavy (non-hydrogen) atoms. The summed E-state index contributed by atoms with van der Waals surface area (Å²) in [4.78, 5) is 0. The maximum atomic E-state index is 11.0. The third-order valence-corrected chi connectivity index (χ3v) is 3.87. The van der Waals surface area contributed by atoms with Gasteiger partial charge < -0.3 is 5.11 Å². The first-order chi connectivity index (χ1) is 9.10. The largest absolute Gasteiger partial charge is 0.380 e. The van der Waals surface area contributed by atoms with Crippen molar-refractivity contribution < 1.29 is 5.11 Å². The summed E-state index contributed by atoms with van der Waals surface area (Å²) in [5.41, 5.74) is 0.762. The smallest absolute Gasteiger partial charge is 0.117 e. The van der Waals surface area contributed by atoms with Crippen LogP contribution in [0.15, 0.2) is 41.1 Å². The Kier molecular flexibility index (Phi) is 4.42. The van der Waals surface area contributed by atoms with E-state index in [0.717, 1.165) is 28.6 Å². The van der Waals surface area contributed by atoms with Crippen LogP contribution >= 0.6 is 15.9 Å². The Bertz CT molecular complexity index is 553. The SMILES string of the molecule is CCCn1cc(C(O)(CC)c2cccc(Br)c2)cn1. The van der Waals surface area contributed by atoms with Gasteiger partial charge in [0.05, 0.1) is 6.20 Å². The van der Waals surface area contributed by atoms with Gasteiger partial charge in [0.2, 0.25) is 0 Å². The van der Waals surface area contributed by atoms with E-state index in [0.29, 0.717) is 6.42 Å². The molecule has 0 bridgehead atoms. The number of nitrogens with zero attached hydrogens (tertiary/aromatic N) is 2. The normalized spacial score (nSPS) is 14.3. The summed E-state index contributed by atoms with van der Waals surface area (Å²) in [7, 11) is 0. The zero-order valence-electron chi connectivity index (χ0n) is 11.3. The van der Waals surface area contributed by atoms with Gasteiger partial charge in [-0.15, -0.1) is 0 Å². The molecule has 0 radical (unpaired) electrons. The van der Waals surface area contributed by atoms with Gasteiger partial charge in [-0.3, -0.25) is 4.68 Å². The number of halogens is 1.